The van der Waals surface area contributed by atoms with Crippen LogP contribution in [0.25, 0.3) is 0 Å². The van der Waals surface area contributed by atoms with Crippen LogP contribution >= 0.6 is 0 Å². The first-order chi connectivity index (χ1) is 12.1. The molecule has 5 nitrogen and oxygen atoms in total. The fraction of sp³-hybridized carbons (Fsp3) is 0.550. The lowest BCUT2D eigenvalue weighted by atomic mass is 9.89. The van der Waals surface area contributed by atoms with Crippen LogP contribution in [0.2, 0.25) is 0 Å². The molecule has 0 radical (unpaired) electrons. The third-order valence-electron chi connectivity index (χ3n) is 5.24. The van der Waals surface area contributed by atoms with E-state index in [-0.39, 0.29) is 18.0 Å². The second-order valence-corrected chi connectivity index (χ2v) is 6.93. The van der Waals surface area contributed by atoms with E-state index in [2.05, 4.69) is 34.9 Å². The molecular weight excluding hydrogens is 312 g/mol. The lowest BCUT2D eigenvalue weighted by Gasteiger charge is -2.40. The van der Waals surface area contributed by atoms with Crippen LogP contribution in [0, 0.1) is 0 Å². The first kappa shape index (κ1) is 17.6. The zero-order valence-corrected chi connectivity index (χ0v) is 15.5. The van der Waals surface area contributed by atoms with Crippen molar-refractivity contribution in [3.8, 4) is 0 Å². The van der Waals surface area contributed by atoms with Gasteiger partial charge in [0, 0.05) is 25.5 Å². The largest absolute Gasteiger partial charge is 0.331 e. The number of aromatic nitrogens is 3. The van der Waals surface area contributed by atoms with E-state index < -0.39 is 0 Å². The van der Waals surface area contributed by atoms with Crippen LogP contribution in [0.4, 0.5) is 0 Å². The van der Waals surface area contributed by atoms with Gasteiger partial charge in [-0.1, -0.05) is 19.9 Å². The van der Waals surface area contributed by atoms with Gasteiger partial charge < -0.3 is 4.90 Å². The number of amides is 1. The van der Waals surface area contributed by atoms with Gasteiger partial charge in [-0.2, -0.15) is 5.10 Å². The Hall–Kier alpha value is -2.17. The number of rotatable bonds is 6. The van der Waals surface area contributed by atoms with Gasteiger partial charge in [-0.15, -0.1) is 0 Å². The monoisotopic (exact) mass is 340 g/mol. The average molecular weight is 340 g/mol. The Morgan fingerprint density at radius 2 is 2.20 bits per heavy atom. The van der Waals surface area contributed by atoms with E-state index in [0.717, 1.165) is 43.4 Å². The molecule has 1 atom stereocenters. The molecule has 0 unspecified atom stereocenters. The summed E-state index contributed by atoms with van der Waals surface area (Å²) in [6.07, 6.45) is 11.1. The Morgan fingerprint density at radius 3 is 2.88 bits per heavy atom. The number of carbonyl (C=O) groups excluding carboxylic acids is 1. The first-order valence-corrected chi connectivity index (χ1v) is 9.36. The summed E-state index contributed by atoms with van der Waals surface area (Å²) in [5, 5.41) is 4.20. The van der Waals surface area contributed by atoms with Crippen molar-refractivity contribution in [3.63, 3.8) is 0 Å². The van der Waals surface area contributed by atoms with E-state index in [1.54, 1.807) is 10.9 Å². The van der Waals surface area contributed by atoms with Crippen molar-refractivity contribution in [2.75, 3.05) is 0 Å². The Morgan fingerprint density at radius 1 is 1.40 bits per heavy atom. The lowest BCUT2D eigenvalue weighted by molar-refractivity contribution is -0.136. The number of pyridine rings is 1. The zero-order valence-electron chi connectivity index (χ0n) is 15.5. The van der Waals surface area contributed by atoms with Crippen molar-refractivity contribution in [2.24, 2.45) is 7.05 Å². The van der Waals surface area contributed by atoms with Crippen LogP contribution in [0.15, 0.2) is 30.7 Å². The Kier molecular flexibility index (Phi) is 5.51. The van der Waals surface area contributed by atoms with Gasteiger partial charge in [-0.25, -0.2) is 0 Å². The van der Waals surface area contributed by atoms with Crippen LogP contribution in [0.1, 0.15) is 62.4 Å². The summed E-state index contributed by atoms with van der Waals surface area (Å²) in [5.41, 5.74) is 3.37. The molecule has 0 fully saturated rings. The van der Waals surface area contributed by atoms with E-state index in [1.165, 1.54) is 5.56 Å². The molecule has 2 aromatic heterocycles. The highest BCUT2D eigenvalue weighted by Gasteiger charge is 2.33. The standard InChI is InChI=1S/C20H28N4O/c1-4-17(5-2)24(19(25)12-15-13-22-23(3)14-15)18-10-6-8-16-9-7-11-21-20(16)18/h7,9,11,13-14,17-18H,4-6,8,10,12H2,1-3H3/t18-/m1/s1. The fourth-order valence-electron chi connectivity index (χ4n) is 4.00. The molecule has 0 saturated heterocycles. The third-order valence-corrected chi connectivity index (χ3v) is 5.24. The smallest absolute Gasteiger partial charge is 0.227 e. The van der Waals surface area contributed by atoms with Crippen molar-refractivity contribution in [1.29, 1.82) is 0 Å². The van der Waals surface area contributed by atoms with Crippen molar-refractivity contribution < 1.29 is 4.79 Å². The minimum atomic E-state index is 0.0963. The molecule has 0 bridgehead atoms. The van der Waals surface area contributed by atoms with Crippen molar-refractivity contribution in [3.05, 3.63) is 47.5 Å². The van der Waals surface area contributed by atoms with Crippen molar-refractivity contribution in [2.45, 2.75) is 64.5 Å². The van der Waals surface area contributed by atoms with Crippen molar-refractivity contribution >= 4 is 5.91 Å². The second-order valence-electron chi connectivity index (χ2n) is 6.93. The highest BCUT2D eigenvalue weighted by atomic mass is 16.2. The van der Waals surface area contributed by atoms with Gasteiger partial charge in [-0.05, 0) is 49.3 Å². The van der Waals surface area contributed by atoms with Gasteiger partial charge >= 0.3 is 0 Å². The summed E-state index contributed by atoms with van der Waals surface area (Å²) in [5.74, 6) is 0.185. The van der Waals surface area contributed by atoms with Gasteiger partial charge in [0.05, 0.1) is 24.4 Å². The molecule has 0 aromatic carbocycles. The highest BCUT2D eigenvalue weighted by molar-refractivity contribution is 5.79. The van der Waals surface area contributed by atoms with Crippen LogP contribution in [-0.4, -0.2) is 31.6 Å². The summed E-state index contributed by atoms with van der Waals surface area (Å²) in [7, 11) is 1.88. The molecule has 3 rings (SSSR count). The van der Waals surface area contributed by atoms with Gasteiger partial charge in [0.1, 0.15) is 0 Å². The molecular formula is C20H28N4O. The molecule has 2 heterocycles. The maximum atomic E-state index is 13.3. The van der Waals surface area contributed by atoms with Gasteiger partial charge in [-0.3, -0.25) is 14.5 Å². The number of hydrogen-bond donors (Lipinski definition) is 0. The summed E-state index contributed by atoms with van der Waals surface area (Å²) in [6, 6.07) is 4.51. The summed E-state index contributed by atoms with van der Waals surface area (Å²) in [4.78, 5) is 20.0. The molecule has 25 heavy (non-hydrogen) atoms. The molecule has 0 saturated carbocycles. The van der Waals surface area contributed by atoms with E-state index in [9.17, 15) is 4.79 Å². The molecule has 5 heteroatoms. The summed E-state index contributed by atoms with van der Waals surface area (Å²) >= 11 is 0. The summed E-state index contributed by atoms with van der Waals surface area (Å²) < 4.78 is 1.75. The second kappa shape index (κ2) is 7.81. The number of nitrogens with zero attached hydrogens (tertiary/aromatic N) is 4. The fourth-order valence-corrected chi connectivity index (χ4v) is 4.00. The maximum absolute atomic E-state index is 13.3. The topological polar surface area (TPSA) is 51.0 Å². The normalized spacial score (nSPS) is 16.7. The average Bonchev–Trinajstić information content (AvgIpc) is 3.04. The number of aryl methyl sites for hydroxylation is 2. The van der Waals surface area contributed by atoms with Crippen LogP contribution in [-0.2, 0) is 24.7 Å². The molecule has 134 valence electrons. The molecule has 0 spiro atoms. The van der Waals surface area contributed by atoms with Gasteiger partial charge in [0.15, 0.2) is 0 Å². The van der Waals surface area contributed by atoms with E-state index in [4.69, 9.17) is 0 Å². The predicted octanol–water partition coefficient (Wildman–Crippen LogP) is 3.45. The zero-order chi connectivity index (χ0) is 17.8. The SMILES string of the molecule is CCC(CC)N(C(=O)Cc1cnn(C)c1)[C@@H]1CCCc2cccnc21. The predicted molar refractivity (Wildman–Crippen MR) is 98.0 cm³/mol. The van der Waals surface area contributed by atoms with E-state index >= 15 is 0 Å². The van der Waals surface area contributed by atoms with Gasteiger partial charge in [0.25, 0.3) is 0 Å². The summed E-state index contributed by atoms with van der Waals surface area (Å²) in [6.45, 7) is 4.33. The molecule has 2 aromatic rings. The molecule has 1 aliphatic carbocycles. The van der Waals surface area contributed by atoms with Gasteiger partial charge in [0.2, 0.25) is 5.91 Å². The minimum absolute atomic E-state index is 0.0963. The number of hydrogen-bond acceptors (Lipinski definition) is 3. The van der Waals surface area contributed by atoms with E-state index in [1.807, 2.05) is 25.5 Å². The van der Waals surface area contributed by atoms with Crippen LogP contribution < -0.4 is 0 Å². The maximum Gasteiger partial charge on any atom is 0.227 e. The quantitative estimate of drug-likeness (QED) is 0.809. The molecule has 1 aliphatic rings. The Balaban J connectivity index is 1.91. The van der Waals surface area contributed by atoms with Crippen LogP contribution in [0.5, 0.6) is 0 Å². The Bertz CT molecular complexity index is 720. The Labute approximate surface area is 150 Å². The first-order valence-electron chi connectivity index (χ1n) is 9.36. The minimum Gasteiger partial charge on any atom is -0.331 e. The molecule has 0 aliphatic heterocycles. The third kappa shape index (κ3) is 3.75. The number of fused-ring (bicyclic) bond motifs is 1. The molecule has 1 amide bonds. The molecule has 0 N–H and O–H groups in total. The van der Waals surface area contributed by atoms with Crippen LogP contribution in [0.3, 0.4) is 0 Å². The lowest BCUT2D eigenvalue weighted by Crippen LogP contribution is -2.44. The van der Waals surface area contributed by atoms with Crippen molar-refractivity contribution in [1.82, 2.24) is 19.7 Å². The van der Waals surface area contributed by atoms with E-state index in [0.29, 0.717) is 6.42 Å². The number of carbonyl (C=O) groups is 1. The highest BCUT2D eigenvalue weighted by Crippen LogP contribution is 2.35.